The Hall–Kier alpha value is -2.37. The average molecular weight is 360 g/mol. The largest absolute Gasteiger partial charge is 0.452 e. The molecule has 1 aromatic carbocycles. The normalized spacial score (nSPS) is 13.3. The van der Waals surface area contributed by atoms with Gasteiger partial charge in [0.15, 0.2) is 6.61 Å². The average Bonchev–Trinajstić information content (AvgIpc) is 3.39. The summed E-state index contributed by atoms with van der Waals surface area (Å²) in [6.45, 7) is 9.36. The first-order chi connectivity index (χ1) is 12.1. The lowest BCUT2D eigenvalue weighted by atomic mass is 9.90. The van der Waals surface area contributed by atoms with E-state index < -0.39 is 11.9 Å². The summed E-state index contributed by atoms with van der Waals surface area (Å²) in [5.74, 6) is -1.10. The zero-order chi connectivity index (χ0) is 19.6. The first kappa shape index (κ1) is 19.9. The Kier molecular flexibility index (Phi) is 6.05. The lowest BCUT2D eigenvalue weighted by Gasteiger charge is -2.19. The highest BCUT2D eigenvalue weighted by Gasteiger charge is 2.25. The summed E-state index contributed by atoms with van der Waals surface area (Å²) in [5, 5.41) is 2.82. The first-order valence-corrected chi connectivity index (χ1v) is 8.90. The van der Waals surface area contributed by atoms with Gasteiger partial charge in [-0.25, -0.2) is 4.79 Å². The van der Waals surface area contributed by atoms with Crippen molar-refractivity contribution in [3.05, 3.63) is 33.4 Å². The van der Waals surface area contributed by atoms with Gasteiger partial charge in [0.05, 0.1) is 12.1 Å². The van der Waals surface area contributed by atoms with Crippen molar-refractivity contribution in [1.29, 1.82) is 0 Å². The standard InChI is InChI=1S/C20H28N2O4/c1-11-12(2)14(4)19(15(5)13(11)3)20(25)26-10-18(24)22(6)9-17(23)21-16-7-8-16/h16H,7-10H2,1-6H3,(H,21,23). The van der Waals surface area contributed by atoms with Gasteiger partial charge in [0.1, 0.15) is 0 Å². The molecule has 0 radical (unpaired) electrons. The van der Waals surface area contributed by atoms with Gasteiger partial charge < -0.3 is 15.0 Å². The molecule has 1 aromatic rings. The minimum Gasteiger partial charge on any atom is -0.452 e. The van der Waals surface area contributed by atoms with Gasteiger partial charge in [-0.15, -0.1) is 0 Å². The molecule has 0 atom stereocenters. The van der Waals surface area contributed by atoms with Crippen LogP contribution in [0, 0.1) is 34.6 Å². The fraction of sp³-hybridized carbons (Fsp3) is 0.550. The van der Waals surface area contributed by atoms with Crippen molar-refractivity contribution in [2.24, 2.45) is 0 Å². The molecule has 26 heavy (non-hydrogen) atoms. The molecule has 0 heterocycles. The summed E-state index contributed by atoms with van der Waals surface area (Å²) in [6.07, 6.45) is 1.99. The van der Waals surface area contributed by atoms with E-state index in [1.54, 1.807) is 0 Å². The van der Waals surface area contributed by atoms with Crippen LogP contribution in [0.4, 0.5) is 0 Å². The number of nitrogens with one attached hydrogen (secondary N) is 1. The van der Waals surface area contributed by atoms with Crippen LogP contribution in [0.5, 0.6) is 0 Å². The zero-order valence-corrected chi connectivity index (χ0v) is 16.5. The van der Waals surface area contributed by atoms with Crippen LogP contribution in [0.25, 0.3) is 0 Å². The van der Waals surface area contributed by atoms with Gasteiger partial charge in [-0.1, -0.05) is 0 Å². The summed E-state index contributed by atoms with van der Waals surface area (Å²) in [6, 6.07) is 0.253. The number of esters is 1. The Labute approximate surface area is 154 Å². The highest BCUT2D eigenvalue weighted by molar-refractivity contribution is 5.95. The summed E-state index contributed by atoms with van der Waals surface area (Å²) >= 11 is 0. The van der Waals surface area contributed by atoms with Crippen molar-refractivity contribution in [3.8, 4) is 0 Å². The lowest BCUT2D eigenvalue weighted by molar-refractivity contribution is -0.137. The molecule has 1 N–H and O–H groups in total. The van der Waals surface area contributed by atoms with E-state index in [2.05, 4.69) is 5.32 Å². The predicted octanol–water partition coefficient (Wildman–Crippen LogP) is 2.12. The molecule has 0 saturated heterocycles. The monoisotopic (exact) mass is 360 g/mol. The first-order valence-electron chi connectivity index (χ1n) is 8.90. The summed E-state index contributed by atoms with van der Waals surface area (Å²) in [7, 11) is 1.53. The molecule has 1 fully saturated rings. The Balaban J connectivity index is 1.97. The second kappa shape index (κ2) is 7.89. The minimum atomic E-state index is -0.504. The number of carbonyl (C=O) groups excluding carboxylic acids is 3. The lowest BCUT2D eigenvalue weighted by Crippen LogP contribution is -2.40. The molecule has 0 aromatic heterocycles. The van der Waals surface area contributed by atoms with Gasteiger partial charge in [-0.3, -0.25) is 9.59 Å². The second-order valence-corrected chi connectivity index (χ2v) is 7.17. The number of nitrogens with zero attached hydrogens (tertiary/aromatic N) is 1. The van der Waals surface area contributed by atoms with E-state index in [4.69, 9.17) is 4.74 Å². The van der Waals surface area contributed by atoms with Crippen LogP contribution in [-0.4, -0.2) is 48.9 Å². The maximum absolute atomic E-state index is 12.5. The summed E-state index contributed by atoms with van der Waals surface area (Å²) in [4.78, 5) is 37.7. The number of carbonyl (C=O) groups is 3. The van der Waals surface area contributed by atoms with Crippen LogP contribution in [0.15, 0.2) is 0 Å². The van der Waals surface area contributed by atoms with E-state index in [9.17, 15) is 14.4 Å². The van der Waals surface area contributed by atoms with E-state index in [-0.39, 0.29) is 25.1 Å². The minimum absolute atomic E-state index is 0.0340. The molecule has 2 amide bonds. The molecule has 0 unspecified atom stereocenters. The van der Waals surface area contributed by atoms with Crippen LogP contribution in [0.3, 0.4) is 0 Å². The molecular weight excluding hydrogens is 332 g/mol. The zero-order valence-electron chi connectivity index (χ0n) is 16.5. The van der Waals surface area contributed by atoms with Crippen molar-refractivity contribution in [1.82, 2.24) is 10.2 Å². The van der Waals surface area contributed by atoms with E-state index in [1.807, 2.05) is 34.6 Å². The fourth-order valence-electron chi connectivity index (χ4n) is 2.92. The van der Waals surface area contributed by atoms with Crippen molar-refractivity contribution in [3.63, 3.8) is 0 Å². The van der Waals surface area contributed by atoms with Gasteiger partial charge in [0, 0.05) is 13.1 Å². The third kappa shape index (κ3) is 4.42. The van der Waals surface area contributed by atoms with Crippen LogP contribution >= 0.6 is 0 Å². The van der Waals surface area contributed by atoms with Crippen molar-refractivity contribution >= 4 is 17.8 Å². The summed E-state index contributed by atoms with van der Waals surface area (Å²) in [5.41, 5.74) is 5.54. The Morgan fingerprint density at radius 1 is 0.962 bits per heavy atom. The molecule has 2 rings (SSSR count). The number of ether oxygens (including phenoxy) is 1. The number of benzene rings is 1. The van der Waals surface area contributed by atoms with E-state index in [0.29, 0.717) is 5.56 Å². The van der Waals surface area contributed by atoms with Crippen LogP contribution in [-0.2, 0) is 14.3 Å². The van der Waals surface area contributed by atoms with Crippen LogP contribution < -0.4 is 5.32 Å². The quantitative estimate of drug-likeness (QED) is 0.789. The number of likely N-dealkylation sites (N-methyl/N-ethyl adjacent to an activating group) is 1. The highest BCUT2D eigenvalue weighted by atomic mass is 16.5. The van der Waals surface area contributed by atoms with Crippen molar-refractivity contribution in [2.75, 3.05) is 20.2 Å². The number of hydrogen-bond donors (Lipinski definition) is 1. The van der Waals surface area contributed by atoms with E-state index >= 15 is 0 Å². The topological polar surface area (TPSA) is 75.7 Å². The highest BCUT2D eigenvalue weighted by Crippen LogP contribution is 2.26. The number of amides is 2. The SMILES string of the molecule is Cc1c(C)c(C)c(C(=O)OCC(=O)N(C)CC(=O)NC2CC2)c(C)c1C. The molecule has 6 heteroatoms. The maximum Gasteiger partial charge on any atom is 0.339 e. The van der Waals surface area contributed by atoms with Crippen LogP contribution in [0.1, 0.15) is 51.0 Å². The van der Waals surface area contributed by atoms with Crippen molar-refractivity contribution in [2.45, 2.75) is 53.5 Å². The molecule has 1 aliphatic carbocycles. The molecular formula is C20H28N2O4. The fourth-order valence-corrected chi connectivity index (χ4v) is 2.92. The molecule has 1 saturated carbocycles. The van der Waals surface area contributed by atoms with Gasteiger partial charge >= 0.3 is 5.97 Å². The van der Waals surface area contributed by atoms with Gasteiger partial charge in [0.2, 0.25) is 5.91 Å². The molecule has 0 spiro atoms. The molecule has 0 aliphatic heterocycles. The molecule has 0 bridgehead atoms. The van der Waals surface area contributed by atoms with Gasteiger partial charge in [0.25, 0.3) is 5.91 Å². The Morgan fingerprint density at radius 3 is 1.96 bits per heavy atom. The van der Waals surface area contributed by atoms with Gasteiger partial charge in [-0.05, 0) is 75.3 Å². The predicted molar refractivity (Wildman–Crippen MR) is 99.2 cm³/mol. The van der Waals surface area contributed by atoms with E-state index in [0.717, 1.165) is 40.7 Å². The molecule has 6 nitrogen and oxygen atoms in total. The number of hydrogen-bond acceptors (Lipinski definition) is 4. The number of rotatable bonds is 6. The smallest absolute Gasteiger partial charge is 0.339 e. The van der Waals surface area contributed by atoms with Crippen molar-refractivity contribution < 1.29 is 19.1 Å². The van der Waals surface area contributed by atoms with E-state index in [1.165, 1.54) is 11.9 Å². The summed E-state index contributed by atoms with van der Waals surface area (Å²) < 4.78 is 5.24. The Morgan fingerprint density at radius 2 is 1.46 bits per heavy atom. The molecule has 1 aliphatic rings. The third-order valence-corrected chi connectivity index (χ3v) is 5.28. The van der Waals surface area contributed by atoms with Gasteiger partial charge in [-0.2, -0.15) is 0 Å². The third-order valence-electron chi connectivity index (χ3n) is 5.28. The maximum atomic E-state index is 12.5. The molecule has 142 valence electrons. The Bertz CT molecular complexity index is 722. The van der Waals surface area contributed by atoms with Crippen LogP contribution in [0.2, 0.25) is 0 Å². The second-order valence-electron chi connectivity index (χ2n) is 7.17.